The van der Waals surface area contributed by atoms with Crippen LogP contribution < -0.4 is 18.9 Å². The predicted octanol–water partition coefficient (Wildman–Crippen LogP) is 4.00. The average Bonchev–Trinajstić information content (AvgIpc) is 2.80. The van der Waals surface area contributed by atoms with E-state index in [2.05, 4.69) is 4.90 Å². The van der Waals surface area contributed by atoms with Crippen LogP contribution in [0, 0.1) is 5.92 Å². The van der Waals surface area contributed by atoms with Crippen molar-refractivity contribution in [2.45, 2.75) is 25.8 Å². The molecule has 1 fully saturated rings. The Morgan fingerprint density at radius 1 is 1.06 bits per heavy atom. The standard InChI is InChI=1S/C24H31NO6/c1-5-31-21-14-16(11-12-18(21)28-2)23(25-13-7-8-17(15-25)24(26)27)22-19(29-3)9-6-10-20(22)30-4/h6,9-12,14,17,23H,5,7-8,13,15H2,1-4H3,(H,26,27). The molecule has 2 unspecified atom stereocenters. The van der Waals surface area contributed by atoms with Gasteiger partial charge in [-0.2, -0.15) is 0 Å². The lowest BCUT2D eigenvalue weighted by molar-refractivity contribution is -0.143. The number of hydrogen-bond donors (Lipinski definition) is 1. The molecule has 1 saturated heterocycles. The number of ether oxygens (including phenoxy) is 4. The minimum absolute atomic E-state index is 0.265. The van der Waals surface area contributed by atoms with Gasteiger partial charge in [0.05, 0.1) is 45.5 Å². The summed E-state index contributed by atoms with van der Waals surface area (Å²) in [6, 6.07) is 11.2. The summed E-state index contributed by atoms with van der Waals surface area (Å²) in [5.41, 5.74) is 1.82. The summed E-state index contributed by atoms with van der Waals surface area (Å²) in [5, 5.41) is 9.65. The first-order chi connectivity index (χ1) is 15.0. The van der Waals surface area contributed by atoms with Gasteiger partial charge in [-0.3, -0.25) is 9.69 Å². The topological polar surface area (TPSA) is 77.5 Å². The van der Waals surface area contributed by atoms with Gasteiger partial charge in [-0.05, 0) is 56.1 Å². The molecule has 0 aliphatic carbocycles. The number of hydrogen-bond acceptors (Lipinski definition) is 6. The van der Waals surface area contributed by atoms with E-state index in [0.717, 1.165) is 24.1 Å². The van der Waals surface area contributed by atoms with Crippen molar-refractivity contribution in [2.75, 3.05) is 41.0 Å². The van der Waals surface area contributed by atoms with E-state index >= 15 is 0 Å². The molecule has 2 aromatic carbocycles. The van der Waals surface area contributed by atoms with Crippen molar-refractivity contribution in [1.82, 2.24) is 4.90 Å². The molecular weight excluding hydrogens is 398 g/mol. The minimum atomic E-state index is -0.764. The maximum Gasteiger partial charge on any atom is 0.307 e. The van der Waals surface area contributed by atoms with E-state index in [9.17, 15) is 9.90 Å². The van der Waals surface area contributed by atoms with Gasteiger partial charge in [0.15, 0.2) is 11.5 Å². The van der Waals surface area contributed by atoms with Gasteiger partial charge < -0.3 is 24.1 Å². The van der Waals surface area contributed by atoms with E-state index < -0.39 is 11.9 Å². The summed E-state index contributed by atoms with van der Waals surface area (Å²) in [6.45, 7) is 3.64. The van der Waals surface area contributed by atoms with Crippen molar-refractivity contribution >= 4 is 5.97 Å². The van der Waals surface area contributed by atoms with Crippen LogP contribution in [0.5, 0.6) is 23.0 Å². The first-order valence-electron chi connectivity index (χ1n) is 10.5. The van der Waals surface area contributed by atoms with Gasteiger partial charge in [0.2, 0.25) is 0 Å². The Bertz CT molecular complexity index is 877. The molecule has 0 spiro atoms. The van der Waals surface area contributed by atoms with E-state index in [1.165, 1.54) is 0 Å². The van der Waals surface area contributed by atoms with Gasteiger partial charge in [-0.15, -0.1) is 0 Å². The van der Waals surface area contributed by atoms with Gasteiger partial charge in [-0.1, -0.05) is 12.1 Å². The van der Waals surface area contributed by atoms with Gasteiger partial charge >= 0.3 is 5.97 Å². The molecule has 31 heavy (non-hydrogen) atoms. The SMILES string of the molecule is CCOc1cc(C(c2c(OC)cccc2OC)N2CCCC(C(=O)O)C2)ccc1OC. The number of aliphatic carboxylic acids is 1. The van der Waals surface area contributed by atoms with Crippen molar-refractivity contribution in [3.63, 3.8) is 0 Å². The molecule has 0 aromatic heterocycles. The molecule has 7 heteroatoms. The number of rotatable bonds is 9. The zero-order valence-electron chi connectivity index (χ0n) is 18.6. The maximum atomic E-state index is 11.8. The molecule has 0 amide bonds. The Morgan fingerprint density at radius 3 is 2.32 bits per heavy atom. The minimum Gasteiger partial charge on any atom is -0.496 e. The van der Waals surface area contributed by atoms with Gasteiger partial charge in [0, 0.05) is 6.54 Å². The second-order valence-corrected chi connectivity index (χ2v) is 7.49. The van der Waals surface area contributed by atoms with Crippen molar-refractivity contribution in [2.24, 2.45) is 5.92 Å². The maximum absolute atomic E-state index is 11.8. The Hall–Kier alpha value is -2.93. The van der Waals surface area contributed by atoms with Gasteiger partial charge in [0.1, 0.15) is 11.5 Å². The van der Waals surface area contributed by atoms with Crippen LogP contribution in [0.3, 0.4) is 0 Å². The summed E-state index contributed by atoms with van der Waals surface area (Å²) >= 11 is 0. The summed E-state index contributed by atoms with van der Waals surface area (Å²) in [6.07, 6.45) is 1.48. The number of benzene rings is 2. The highest BCUT2D eigenvalue weighted by atomic mass is 16.5. The van der Waals surface area contributed by atoms with Crippen LogP contribution in [0.15, 0.2) is 36.4 Å². The molecule has 3 rings (SSSR count). The Kier molecular flexibility index (Phi) is 7.63. The third kappa shape index (κ3) is 4.88. The van der Waals surface area contributed by atoms with Crippen LogP contribution in [-0.4, -0.2) is 57.0 Å². The lowest BCUT2D eigenvalue weighted by atomic mass is 9.90. The van der Waals surface area contributed by atoms with E-state index in [1.54, 1.807) is 21.3 Å². The Balaban J connectivity index is 2.17. The van der Waals surface area contributed by atoms with Crippen LogP contribution in [-0.2, 0) is 4.79 Å². The van der Waals surface area contributed by atoms with Crippen molar-refractivity contribution in [1.29, 1.82) is 0 Å². The summed E-state index contributed by atoms with van der Waals surface area (Å²) in [7, 11) is 4.87. The largest absolute Gasteiger partial charge is 0.496 e. The molecule has 2 atom stereocenters. The molecule has 2 aromatic rings. The zero-order chi connectivity index (χ0) is 22.4. The van der Waals surface area contributed by atoms with Crippen LogP contribution in [0.2, 0.25) is 0 Å². The highest BCUT2D eigenvalue weighted by Crippen LogP contribution is 2.44. The molecular formula is C24H31NO6. The van der Waals surface area contributed by atoms with E-state index in [0.29, 0.717) is 42.6 Å². The molecule has 1 aliphatic heterocycles. The molecule has 0 radical (unpaired) electrons. The molecule has 7 nitrogen and oxygen atoms in total. The number of carboxylic acids is 1. The van der Waals surface area contributed by atoms with Crippen LogP contribution in [0.25, 0.3) is 0 Å². The number of carboxylic acid groups (broad SMARTS) is 1. The van der Waals surface area contributed by atoms with Crippen molar-refractivity contribution < 1.29 is 28.8 Å². The highest BCUT2D eigenvalue weighted by Gasteiger charge is 2.34. The van der Waals surface area contributed by atoms with Gasteiger partial charge in [-0.25, -0.2) is 0 Å². The number of carbonyl (C=O) groups is 1. The summed E-state index contributed by atoms with van der Waals surface area (Å²) < 4.78 is 22.7. The van der Waals surface area contributed by atoms with E-state index in [-0.39, 0.29) is 6.04 Å². The molecule has 1 heterocycles. The predicted molar refractivity (Wildman–Crippen MR) is 117 cm³/mol. The summed E-state index contributed by atoms with van der Waals surface area (Å²) in [5.74, 6) is 1.50. The molecule has 0 saturated carbocycles. The molecule has 1 aliphatic rings. The average molecular weight is 430 g/mol. The monoisotopic (exact) mass is 429 g/mol. The fourth-order valence-electron chi connectivity index (χ4n) is 4.28. The lowest BCUT2D eigenvalue weighted by Crippen LogP contribution is -2.41. The van der Waals surface area contributed by atoms with Crippen LogP contribution in [0.1, 0.15) is 36.9 Å². The fraction of sp³-hybridized carbons (Fsp3) is 0.458. The molecule has 0 bridgehead atoms. The van der Waals surface area contributed by atoms with Crippen LogP contribution >= 0.6 is 0 Å². The first-order valence-corrected chi connectivity index (χ1v) is 10.5. The first kappa shape index (κ1) is 22.7. The number of likely N-dealkylation sites (tertiary alicyclic amines) is 1. The third-order valence-corrected chi connectivity index (χ3v) is 5.71. The fourth-order valence-corrected chi connectivity index (χ4v) is 4.28. The molecule has 168 valence electrons. The normalized spacial score (nSPS) is 17.6. The number of nitrogens with zero attached hydrogens (tertiary/aromatic N) is 1. The van der Waals surface area contributed by atoms with Crippen molar-refractivity contribution in [3.05, 3.63) is 47.5 Å². The van der Waals surface area contributed by atoms with Gasteiger partial charge in [0.25, 0.3) is 0 Å². The second kappa shape index (κ2) is 10.4. The number of piperidine rings is 1. The van der Waals surface area contributed by atoms with Crippen LogP contribution in [0.4, 0.5) is 0 Å². The van der Waals surface area contributed by atoms with E-state index in [1.807, 2.05) is 43.3 Å². The lowest BCUT2D eigenvalue weighted by Gasteiger charge is -2.38. The number of methoxy groups -OCH3 is 3. The summed E-state index contributed by atoms with van der Waals surface area (Å²) in [4.78, 5) is 13.9. The Labute approximate surface area is 183 Å². The zero-order valence-corrected chi connectivity index (χ0v) is 18.6. The highest BCUT2D eigenvalue weighted by molar-refractivity contribution is 5.70. The second-order valence-electron chi connectivity index (χ2n) is 7.49. The Morgan fingerprint density at radius 2 is 1.74 bits per heavy atom. The van der Waals surface area contributed by atoms with E-state index in [4.69, 9.17) is 18.9 Å². The third-order valence-electron chi connectivity index (χ3n) is 5.71. The van der Waals surface area contributed by atoms with Crippen molar-refractivity contribution in [3.8, 4) is 23.0 Å². The quantitative estimate of drug-likeness (QED) is 0.646. The molecule has 1 N–H and O–H groups in total. The smallest absolute Gasteiger partial charge is 0.307 e.